The number of hydrogen-bond acceptors (Lipinski definition) is 7. The molecule has 0 spiro atoms. The van der Waals surface area contributed by atoms with Crippen LogP contribution in [0, 0.1) is 13.8 Å². The van der Waals surface area contributed by atoms with Crippen molar-refractivity contribution in [3.05, 3.63) is 39.8 Å². The van der Waals surface area contributed by atoms with Crippen LogP contribution in [0.2, 0.25) is 0 Å². The molecule has 0 aliphatic rings. The molecule has 1 heterocycles. The zero-order chi connectivity index (χ0) is 20.1. The van der Waals surface area contributed by atoms with Crippen molar-refractivity contribution in [2.24, 2.45) is 0 Å². The van der Waals surface area contributed by atoms with Crippen LogP contribution in [-0.4, -0.2) is 39.2 Å². The Hall–Kier alpha value is -3.07. The van der Waals surface area contributed by atoms with Crippen LogP contribution in [0.3, 0.4) is 0 Å². The topological polar surface area (TPSA) is 103 Å². The van der Waals surface area contributed by atoms with Gasteiger partial charge in [0.05, 0.1) is 32.5 Å². The number of anilines is 1. The summed E-state index contributed by atoms with van der Waals surface area (Å²) in [5.41, 5.74) is 1.12. The van der Waals surface area contributed by atoms with Gasteiger partial charge in [-0.3, -0.25) is 14.9 Å². The molecule has 0 saturated carbocycles. The summed E-state index contributed by atoms with van der Waals surface area (Å²) >= 11 is 1.23. The fourth-order valence-corrected chi connectivity index (χ4v) is 3.48. The van der Waals surface area contributed by atoms with Gasteiger partial charge in [0.1, 0.15) is 5.00 Å². The van der Waals surface area contributed by atoms with E-state index < -0.39 is 17.9 Å². The van der Waals surface area contributed by atoms with Gasteiger partial charge in [-0.1, -0.05) is 6.07 Å². The number of alkyl carbamates (subject to hydrolysis) is 1. The second-order valence-electron chi connectivity index (χ2n) is 5.43. The highest BCUT2D eigenvalue weighted by molar-refractivity contribution is 7.16. The number of benzene rings is 1. The van der Waals surface area contributed by atoms with Crippen LogP contribution in [0.4, 0.5) is 9.80 Å². The van der Waals surface area contributed by atoms with Crippen molar-refractivity contribution in [3.8, 4) is 11.5 Å². The summed E-state index contributed by atoms with van der Waals surface area (Å²) in [6.07, 6.45) is -0.880. The van der Waals surface area contributed by atoms with Crippen molar-refractivity contribution in [1.29, 1.82) is 0 Å². The average Bonchev–Trinajstić information content (AvgIpc) is 2.93. The molecular weight excluding hydrogens is 372 g/mol. The molecule has 144 valence electrons. The van der Waals surface area contributed by atoms with Crippen LogP contribution in [0.25, 0.3) is 0 Å². The first-order valence-electron chi connectivity index (χ1n) is 7.85. The number of amides is 3. The van der Waals surface area contributed by atoms with Crippen molar-refractivity contribution >= 4 is 34.2 Å². The van der Waals surface area contributed by atoms with Gasteiger partial charge in [-0.05, 0) is 31.5 Å². The van der Waals surface area contributed by atoms with E-state index in [9.17, 15) is 14.4 Å². The van der Waals surface area contributed by atoms with Crippen LogP contribution >= 0.6 is 11.3 Å². The summed E-state index contributed by atoms with van der Waals surface area (Å²) in [5, 5.41) is 5.14. The maximum Gasteiger partial charge on any atom is 0.413 e. The smallest absolute Gasteiger partial charge is 0.413 e. The highest BCUT2D eigenvalue weighted by Crippen LogP contribution is 2.35. The first kappa shape index (κ1) is 20.2. The van der Waals surface area contributed by atoms with Gasteiger partial charge in [0, 0.05) is 4.88 Å². The number of carbonyl (C=O) groups is 3. The standard InChI is InChI=1S/C18H20N2O6S/c1-9-10(2)27-17(13(9)16(22)20-18(23)26-5)19-15(21)11-7-6-8-12(24-3)14(11)25-4/h6-8H,1-5H3,(H,19,21)(H,20,22,23). The van der Waals surface area contributed by atoms with Crippen LogP contribution < -0.4 is 20.1 Å². The van der Waals surface area contributed by atoms with Gasteiger partial charge in [0.2, 0.25) is 0 Å². The number of aryl methyl sites for hydroxylation is 1. The second kappa shape index (κ2) is 8.54. The van der Waals surface area contributed by atoms with E-state index in [0.717, 1.165) is 12.0 Å². The van der Waals surface area contributed by atoms with E-state index in [2.05, 4.69) is 15.4 Å². The minimum absolute atomic E-state index is 0.207. The Morgan fingerprint density at radius 1 is 1.00 bits per heavy atom. The highest BCUT2D eigenvalue weighted by Gasteiger charge is 2.24. The van der Waals surface area contributed by atoms with E-state index in [4.69, 9.17) is 9.47 Å². The maximum atomic E-state index is 12.8. The molecule has 0 fully saturated rings. The first-order chi connectivity index (χ1) is 12.8. The summed E-state index contributed by atoms with van der Waals surface area (Å²) in [7, 11) is 4.07. The molecule has 1 aromatic carbocycles. The molecule has 0 saturated heterocycles. The van der Waals surface area contributed by atoms with E-state index in [1.807, 2.05) is 6.92 Å². The molecule has 2 rings (SSSR count). The predicted octanol–water partition coefficient (Wildman–Crippen LogP) is 3.13. The Balaban J connectivity index is 2.38. The third-order valence-electron chi connectivity index (χ3n) is 3.89. The van der Waals surface area contributed by atoms with E-state index in [0.29, 0.717) is 16.3 Å². The normalized spacial score (nSPS) is 10.1. The van der Waals surface area contributed by atoms with Crippen molar-refractivity contribution in [1.82, 2.24) is 5.32 Å². The molecule has 9 heteroatoms. The lowest BCUT2D eigenvalue weighted by Crippen LogP contribution is -2.31. The number of ether oxygens (including phenoxy) is 3. The number of nitrogens with one attached hydrogen (secondary N) is 2. The Bertz CT molecular complexity index is 890. The van der Waals surface area contributed by atoms with Crippen molar-refractivity contribution < 1.29 is 28.6 Å². The van der Waals surface area contributed by atoms with Gasteiger partial charge in [-0.15, -0.1) is 11.3 Å². The summed E-state index contributed by atoms with van der Waals surface area (Å²) in [5.74, 6) is -0.439. The number of methoxy groups -OCH3 is 3. The Kier molecular flexibility index (Phi) is 6.40. The fourth-order valence-electron chi connectivity index (χ4n) is 2.43. The molecule has 0 aliphatic carbocycles. The quantitative estimate of drug-likeness (QED) is 0.810. The minimum Gasteiger partial charge on any atom is -0.493 e. The van der Waals surface area contributed by atoms with Crippen LogP contribution in [-0.2, 0) is 4.74 Å². The number of para-hydroxylation sites is 1. The molecule has 3 amide bonds. The third kappa shape index (κ3) is 4.20. The van der Waals surface area contributed by atoms with Crippen molar-refractivity contribution in [2.75, 3.05) is 26.6 Å². The zero-order valence-corrected chi connectivity index (χ0v) is 16.4. The van der Waals surface area contributed by atoms with Crippen molar-refractivity contribution in [3.63, 3.8) is 0 Å². The van der Waals surface area contributed by atoms with E-state index in [1.54, 1.807) is 25.1 Å². The Labute approximate surface area is 160 Å². The van der Waals surface area contributed by atoms with Crippen molar-refractivity contribution in [2.45, 2.75) is 13.8 Å². The average molecular weight is 392 g/mol. The monoisotopic (exact) mass is 392 g/mol. The molecule has 0 atom stereocenters. The van der Waals surface area contributed by atoms with Gasteiger partial charge in [0.15, 0.2) is 11.5 Å². The van der Waals surface area contributed by atoms with Crippen LogP contribution in [0.1, 0.15) is 31.2 Å². The van der Waals surface area contributed by atoms with Crippen LogP contribution in [0.5, 0.6) is 11.5 Å². The van der Waals surface area contributed by atoms with Gasteiger partial charge < -0.3 is 19.5 Å². The molecular formula is C18H20N2O6S. The number of carbonyl (C=O) groups excluding carboxylic acids is 3. The first-order valence-corrected chi connectivity index (χ1v) is 8.67. The number of thiophene rings is 1. The molecule has 1 aromatic heterocycles. The van der Waals surface area contributed by atoms with Gasteiger partial charge in [-0.25, -0.2) is 4.79 Å². The molecule has 8 nitrogen and oxygen atoms in total. The number of rotatable bonds is 5. The third-order valence-corrected chi connectivity index (χ3v) is 5.01. The summed E-state index contributed by atoms with van der Waals surface area (Å²) in [4.78, 5) is 37.4. The number of hydrogen-bond donors (Lipinski definition) is 2. The second-order valence-corrected chi connectivity index (χ2v) is 6.65. The van der Waals surface area contributed by atoms with E-state index in [1.165, 1.54) is 25.6 Å². The minimum atomic E-state index is -0.880. The van der Waals surface area contributed by atoms with E-state index >= 15 is 0 Å². The summed E-state index contributed by atoms with van der Waals surface area (Å²) < 4.78 is 14.9. The van der Waals surface area contributed by atoms with Gasteiger partial charge in [-0.2, -0.15) is 0 Å². The molecule has 0 aliphatic heterocycles. The lowest BCUT2D eigenvalue weighted by molar-refractivity contribution is 0.0937. The summed E-state index contributed by atoms with van der Waals surface area (Å²) in [6, 6.07) is 4.91. The van der Waals surface area contributed by atoms with Crippen LogP contribution in [0.15, 0.2) is 18.2 Å². The molecule has 0 bridgehead atoms. The molecule has 0 radical (unpaired) electrons. The SMILES string of the molecule is COC(=O)NC(=O)c1c(NC(=O)c2cccc(OC)c2OC)sc(C)c1C. The molecule has 2 aromatic rings. The largest absolute Gasteiger partial charge is 0.493 e. The Morgan fingerprint density at radius 2 is 1.70 bits per heavy atom. The highest BCUT2D eigenvalue weighted by atomic mass is 32.1. The lowest BCUT2D eigenvalue weighted by atomic mass is 10.1. The lowest BCUT2D eigenvalue weighted by Gasteiger charge is -2.12. The molecule has 0 unspecified atom stereocenters. The maximum absolute atomic E-state index is 12.8. The Morgan fingerprint density at radius 3 is 2.30 bits per heavy atom. The number of imide groups is 1. The predicted molar refractivity (Wildman–Crippen MR) is 101 cm³/mol. The zero-order valence-electron chi connectivity index (χ0n) is 15.6. The molecule has 27 heavy (non-hydrogen) atoms. The van der Waals surface area contributed by atoms with E-state index in [-0.39, 0.29) is 16.9 Å². The fraction of sp³-hybridized carbons (Fsp3) is 0.278. The molecule has 2 N–H and O–H groups in total. The summed E-state index contributed by atoms with van der Waals surface area (Å²) in [6.45, 7) is 3.55. The van der Waals surface area contributed by atoms with Gasteiger partial charge >= 0.3 is 6.09 Å². The van der Waals surface area contributed by atoms with Gasteiger partial charge in [0.25, 0.3) is 11.8 Å².